The van der Waals surface area contributed by atoms with Gasteiger partial charge in [-0.15, -0.1) is 0 Å². The van der Waals surface area contributed by atoms with Crippen LogP contribution in [0.3, 0.4) is 0 Å². The van der Waals surface area contributed by atoms with E-state index in [1.54, 1.807) is 4.90 Å². The summed E-state index contributed by atoms with van der Waals surface area (Å²) in [6.45, 7) is 2.58. The number of carbonyl (C=O) groups excluding carboxylic acids is 2. The third-order valence-corrected chi connectivity index (χ3v) is 4.15. The molecule has 3 amide bonds. The van der Waals surface area contributed by atoms with Crippen LogP contribution in [0.1, 0.15) is 18.9 Å². The van der Waals surface area contributed by atoms with Gasteiger partial charge in [0.25, 0.3) is 0 Å². The number of nitrogens with zero attached hydrogens (tertiary/aromatic N) is 1. The molecule has 2 aromatic rings. The zero-order valence-corrected chi connectivity index (χ0v) is 13.7. The number of aryl methyl sites for hydroxylation is 1. The average molecular weight is 323 g/mol. The smallest absolute Gasteiger partial charge is 0.319 e. The highest BCUT2D eigenvalue weighted by Gasteiger charge is 2.31. The molecule has 5 nitrogen and oxygen atoms in total. The molecule has 0 bridgehead atoms. The van der Waals surface area contributed by atoms with Gasteiger partial charge in [-0.2, -0.15) is 0 Å². The normalized spacial score (nSPS) is 17.0. The number of anilines is 2. The molecule has 0 unspecified atom stereocenters. The SMILES string of the molecule is CCc1ccc(NC(=O)N[C@@H]2CC(=O)N(c3ccccc3)C2)cc1. The first-order valence-electron chi connectivity index (χ1n) is 8.17. The molecule has 1 heterocycles. The van der Waals surface area contributed by atoms with Gasteiger partial charge in [0.2, 0.25) is 5.91 Å². The minimum absolute atomic E-state index is 0.0267. The Labute approximate surface area is 141 Å². The Morgan fingerprint density at radius 3 is 2.50 bits per heavy atom. The number of urea groups is 1. The fourth-order valence-corrected chi connectivity index (χ4v) is 2.84. The van der Waals surface area contributed by atoms with Crippen molar-refractivity contribution in [3.05, 3.63) is 60.2 Å². The maximum Gasteiger partial charge on any atom is 0.319 e. The van der Waals surface area contributed by atoms with Gasteiger partial charge in [-0.1, -0.05) is 37.3 Å². The maximum absolute atomic E-state index is 12.1. The fourth-order valence-electron chi connectivity index (χ4n) is 2.84. The lowest BCUT2D eigenvalue weighted by atomic mass is 10.1. The highest BCUT2D eigenvalue weighted by Crippen LogP contribution is 2.21. The van der Waals surface area contributed by atoms with E-state index in [1.165, 1.54) is 5.56 Å². The Morgan fingerprint density at radius 1 is 1.12 bits per heavy atom. The van der Waals surface area contributed by atoms with Crippen LogP contribution < -0.4 is 15.5 Å². The van der Waals surface area contributed by atoms with Crippen molar-refractivity contribution in [1.29, 1.82) is 0 Å². The Morgan fingerprint density at radius 2 is 1.83 bits per heavy atom. The van der Waals surface area contributed by atoms with Crippen molar-refractivity contribution in [1.82, 2.24) is 5.32 Å². The van der Waals surface area contributed by atoms with E-state index in [1.807, 2.05) is 54.6 Å². The lowest BCUT2D eigenvalue weighted by Gasteiger charge is -2.17. The number of hydrogen-bond donors (Lipinski definition) is 2. The Hall–Kier alpha value is -2.82. The second kappa shape index (κ2) is 7.17. The number of amides is 3. The van der Waals surface area contributed by atoms with E-state index in [0.29, 0.717) is 13.0 Å². The van der Waals surface area contributed by atoms with Crippen LogP contribution in [-0.4, -0.2) is 24.5 Å². The molecule has 124 valence electrons. The van der Waals surface area contributed by atoms with Crippen molar-refractivity contribution in [2.45, 2.75) is 25.8 Å². The van der Waals surface area contributed by atoms with E-state index < -0.39 is 0 Å². The highest BCUT2D eigenvalue weighted by molar-refractivity contribution is 5.97. The van der Waals surface area contributed by atoms with Crippen LogP contribution in [0.25, 0.3) is 0 Å². The van der Waals surface area contributed by atoms with Crippen molar-refractivity contribution >= 4 is 23.3 Å². The first kappa shape index (κ1) is 16.1. The Bertz CT molecular complexity index is 713. The first-order chi connectivity index (χ1) is 11.7. The molecular weight excluding hydrogens is 302 g/mol. The second-order valence-electron chi connectivity index (χ2n) is 5.89. The number of rotatable bonds is 4. The van der Waals surface area contributed by atoms with Crippen molar-refractivity contribution in [3.8, 4) is 0 Å². The zero-order valence-electron chi connectivity index (χ0n) is 13.7. The van der Waals surface area contributed by atoms with Gasteiger partial charge in [-0.3, -0.25) is 4.79 Å². The quantitative estimate of drug-likeness (QED) is 0.908. The van der Waals surface area contributed by atoms with Gasteiger partial charge >= 0.3 is 6.03 Å². The van der Waals surface area contributed by atoms with Crippen LogP contribution in [0.2, 0.25) is 0 Å². The van der Waals surface area contributed by atoms with Gasteiger partial charge in [0, 0.05) is 24.3 Å². The largest absolute Gasteiger partial charge is 0.333 e. The molecule has 1 atom stereocenters. The van der Waals surface area contributed by atoms with Crippen LogP contribution in [0.4, 0.5) is 16.2 Å². The molecule has 1 aliphatic rings. The second-order valence-corrected chi connectivity index (χ2v) is 5.89. The number of carbonyl (C=O) groups is 2. The zero-order chi connectivity index (χ0) is 16.9. The van der Waals surface area contributed by atoms with E-state index in [-0.39, 0.29) is 18.0 Å². The summed E-state index contributed by atoms with van der Waals surface area (Å²) in [7, 11) is 0. The molecule has 24 heavy (non-hydrogen) atoms. The highest BCUT2D eigenvalue weighted by atomic mass is 16.2. The fraction of sp³-hybridized carbons (Fsp3) is 0.263. The predicted octanol–water partition coefficient (Wildman–Crippen LogP) is 3.18. The Kier molecular flexibility index (Phi) is 4.79. The monoisotopic (exact) mass is 323 g/mol. The molecule has 0 radical (unpaired) electrons. The lowest BCUT2D eigenvalue weighted by molar-refractivity contribution is -0.117. The van der Waals surface area contributed by atoms with Gasteiger partial charge in [-0.25, -0.2) is 4.79 Å². The number of hydrogen-bond acceptors (Lipinski definition) is 2. The molecule has 1 saturated heterocycles. The first-order valence-corrected chi connectivity index (χ1v) is 8.17. The number of para-hydroxylation sites is 1. The molecule has 1 aliphatic heterocycles. The van der Waals surface area contributed by atoms with Crippen LogP contribution in [0.5, 0.6) is 0 Å². The van der Waals surface area contributed by atoms with E-state index >= 15 is 0 Å². The summed E-state index contributed by atoms with van der Waals surface area (Å²) in [5.41, 5.74) is 2.83. The molecule has 0 aromatic heterocycles. The molecule has 0 spiro atoms. The van der Waals surface area contributed by atoms with E-state index in [2.05, 4.69) is 17.6 Å². The number of nitrogens with one attached hydrogen (secondary N) is 2. The maximum atomic E-state index is 12.1. The molecular formula is C19H21N3O2. The van der Waals surface area contributed by atoms with Crippen molar-refractivity contribution in [2.24, 2.45) is 0 Å². The summed E-state index contributed by atoms with van der Waals surface area (Å²) in [5, 5.41) is 5.68. The van der Waals surface area contributed by atoms with Gasteiger partial charge in [-0.05, 0) is 36.2 Å². The molecule has 0 aliphatic carbocycles. The van der Waals surface area contributed by atoms with Crippen LogP contribution in [0.15, 0.2) is 54.6 Å². The predicted molar refractivity (Wildman–Crippen MR) is 95.2 cm³/mol. The van der Waals surface area contributed by atoms with Gasteiger partial charge in [0.05, 0.1) is 6.04 Å². The molecule has 1 fully saturated rings. The van der Waals surface area contributed by atoms with E-state index in [9.17, 15) is 9.59 Å². The topological polar surface area (TPSA) is 61.4 Å². The van der Waals surface area contributed by atoms with Gasteiger partial charge < -0.3 is 15.5 Å². The summed E-state index contributed by atoms with van der Waals surface area (Å²) in [6, 6.07) is 16.8. The third-order valence-electron chi connectivity index (χ3n) is 4.15. The molecule has 5 heteroatoms. The van der Waals surface area contributed by atoms with Crippen LogP contribution in [-0.2, 0) is 11.2 Å². The van der Waals surface area contributed by atoms with E-state index in [0.717, 1.165) is 17.8 Å². The van der Waals surface area contributed by atoms with Crippen molar-refractivity contribution < 1.29 is 9.59 Å². The molecule has 2 N–H and O–H groups in total. The van der Waals surface area contributed by atoms with E-state index in [4.69, 9.17) is 0 Å². The van der Waals surface area contributed by atoms with Crippen molar-refractivity contribution in [3.63, 3.8) is 0 Å². The number of benzene rings is 2. The standard InChI is InChI=1S/C19H21N3O2/c1-2-14-8-10-15(11-9-14)20-19(24)21-16-12-18(23)22(13-16)17-6-4-3-5-7-17/h3-11,16H,2,12-13H2,1H3,(H2,20,21,24)/t16-/m1/s1. The minimum atomic E-state index is -0.285. The summed E-state index contributed by atoms with van der Waals surface area (Å²) in [4.78, 5) is 26.0. The van der Waals surface area contributed by atoms with Crippen LogP contribution in [0, 0.1) is 0 Å². The molecule has 2 aromatic carbocycles. The minimum Gasteiger partial charge on any atom is -0.333 e. The summed E-state index contributed by atoms with van der Waals surface area (Å²) in [5.74, 6) is 0.0267. The third kappa shape index (κ3) is 3.74. The van der Waals surface area contributed by atoms with Gasteiger partial charge in [0.1, 0.15) is 0 Å². The lowest BCUT2D eigenvalue weighted by Crippen LogP contribution is -2.39. The van der Waals surface area contributed by atoms with Crippen LogP contribution >= 0.6 is 0 Å². The summed E-state index contributed by atoms with van der Waals surface area (Å²) in [6.07, 6.45) is 1.28. The molecule has 3 rings (SSSR count). The van der Waals surface area contributed by atoms with Gasteiger partial charge in [0.15, 0.2) is 0 Å². The average Bonchev–Trinajstić information content (AvgIpc) is 2.96. The summed E-state index contributed by atoms with van der Waals surface area (Å²) < 4.78 is 0. The summed E-state index contributed by atoms with van der Waals surface area (Å²) >= 11 is 0. The van der Waals surface area contributed by atoms with Crippen molar-refractivity contribution in [2.75, 3.05) is 16.8 Å². The molecule has 0 saturated carbocycles. The Balaban J connectivity index is 1.56.